The maximum Gasteiger partial charge on any atom is 0.323 e. The van der Waals surface area contributed by atoms with Gasteiger partial charge in [-0.25, -0.2) is 0 Å². The average molecular weight is 309 g/mol. The Labute approximate surface area is 119 Å². The number of aliphatic carboxylic acids is 1. The van der Waals surface area contributed by atoms with Crippen LogP contribution in [0.4, 0.5) is 0 Å². The van der Waals surface area contributed by atoms with Crippen LogP contribution in [0.15, 0.2) is 0 Å². The highest BCUT2D eigenvalue weighted by Crippen LogP contribution is 2.06. The molecule has 0 aromatic carbocycles. The number of rotatable bonds is 10. The Morgan fingerprint density at radius 1 is 1.14 bits per heavy atom. The van der Waals surface area contributed by atoms with Gasteiger partial charge in [0, 0.05) is 6.42 Å². The molecule has 0 unspecified atom stereocenters. The van der Waals surface area contributed by atoms with Crippen molar-refractivity contribution in [2.45, 2.75) is 43.3 Å². The van der Waals surface area contributed by atoms with Crippen molar-refractivity contribution in [2.75, 3.05) is 6.61 Å². The Morgan fingerprint density at radius 2 is 1.71 bits per heavy atom. The molecule has 5 atom stereocenters. The summed E-state index contributed by atoms with van der Waals surface area (Å²) in [6.07, 6.45) is -8.07. The third-order valence-corrected chi connectivity index (χ3v) is 2.60. The SMILES string of the molecule is N[C@H](CCC(=O)O)C(=O)OC[C@@H](O)[C@@H](O)[C@H](O)[C@@H](O)C=O. The number of aldehydes is 1. The number of ether oxygens (including phenoxy) is 1. The molecule has 21 heavy (non-hydrogen) atoms. The normalized spacial score (nSPS) is 18.1. The molecule has 0 aliphatic carbocycles. The second-order valence-corrected chi connectivity index (χ2v) is 4.34. The molecule has 0 aliphatic rings. The number of carboxylic acid groups (broad SMARTS) is 1. The zero-order chi connectivity index (χ0) is 16.6. The third kappa shape index (κ3) is 7.11. The van der Waals surface area contributed by atoms with Gasteiger partial charge in [0.25, 0.3) is 0 Å². The molecule has 0 fully saturated rings. The Balaban J connectivity index is 4.22. The van der Waals surface area contributed by atoms with Crippen molar-refractivity contribution in [3.05, 3.63) is 0 Å². The summed E-state index contributed by atoms with van der Waals surface area (Å²) in [5, 5.41) is 45.5. The highest BCUT2D eigenvalue weighted by Gasteiger charge is 2.31. The lowest BCUT2D eigenvalue weighted by Crippen LogP contribution is -2.47. The van der Waals surface area contributed by atoms with Gasteiger partial charge in [-0.05, 0) is 6.42 Å². The van der Waals surface area contributed by atoms with Crippen molar-refractivity contribution in [1.82, 2.24) is 0 Å². The number of carboxylic acids is 1. The number of aliphatic hydroxyl groups excluding tert-OH is 4. The van der Waals surface area contributed by atoms with Crippen LogP contribution in [0, 0.1) is 0 Å². The van der Waals surface area contributed by atoms with Gasteiger partial charge in [-0.15, -0.1) is 0 Å². The van der Waals surface area contributed by atoms with Crippen LogP contribution in [-0.2, 0) is 19.1 Å². The van der Waals surface area contributed by atoms with E-state index in [2.05, 4.69) is 4.74 Å². The van der Waals surface area contributed by atoms with Crippen LogP contribution in [0.2, 0.25) is 0 Å². The van der Waals surface area contributed by atoms with E-state index in [1.54, 1.807) is 0 Å². The predicted molar refractivity (Wildman–Crippen MR) is 65.9 cm³/mol. The molecular formula is C11H19NO9. The first-order chi connectivity index (χ1) is 9.70. The van der Waals surface area contributed by atoms with E-state index < -0.39 is 49.0 Å². The smallest absolute Gasteiger partial charge is 0.323 e. The van der Waals surface area contributed by atoms with Crippen molar-refractivity contribution in [3.8, 4) is 0 Å². The first-order valence-corrected chi connectivity index (χ1v) is 6.02. The van der Waals surface area contributed by atoms with Gasteiger partial charge in [-0.2, -0.15) is 0 Å². The highest BCUT2D eigenvalue weighted by atomic mass is 16.5. The topological polar surface area (TPSA) is 188 Å². The van der Waals surface area contributed by atoms with E-state index in [1.165, 1.54) is 0 Å². The summed E-state index contributed by atoms with van der Waals surface area (Å²) in [7, 11) is 0. The Bertz CT molecular complexity index is 362. The Morgan fingerprint density at radius 3 is 2.19 bits per heavy atom. The van der Waals surface area contributed by atoms with Crippen molar-refractivity contribution in [3.63, 3.8) is 0 Å². The molecule has 0 aliphatic heterocycles. The molecule has 0 aromatic heterocycles. The third-order valence-electron chi connectivity index (χ3n) is 2.60. The van der Waals surface area contributed by atoms with Crippen LogP contribution in [-0.4, -0.2) is 80.8 Å². The molecule has 0 saturated carbocycles. The molecule has 10 heteroatoms. The van der Waals surface area contributed by atoms with E-state index in [-0.39, 0.29) is 19.1 Å². The molecule has 0 rings (SSSR count). The standard InChI is InChI=1S/C11H19NO9/c12-5(1-2-8(16)17)11(20)21-4-7(15)10(19)9(18)6(14)3-13/h3,5-7,9-10,14-15,18-19H,1-2,4,12H2,(H,16,17)/t5-,6+,7-,9-,10-/m1/s1. The molecule has 0 saturated heterocycles. The molecule has 7 N–H and O–H groups in total. The van der Waals surface area contributed by atoms with E-state index in [1.807, 2.05) is 0 Å². The summed E-state index contributed by atoms with van der Waals surface area (Å²) in [4.78, 5) is 31.8. The summed E-state index contributed by atoms with van der Waals surface area (Å²) < 4.78 is 4.53. The van der Waals surface area contributed by atoms with Crippen molar-refractivity contribution in [2.24, 2.45) is 5.73 Å². The van der Waals surface area contributed by atoms with E-state index >= 15 is 0 Å². The lowest BCUT2D eigenvalue weighted by Gasteiger charge is -2.24. The molecule has 0 radical (unpaired) electrons. The fourth-order valence-electron chi connectivity index (χ4n) is 1.28. The van der Waals surface area contributed by atoms with Gasteiger partial charge >= 0.3 is 11.9 Å². The first-order valence-electron chi connectivity index (χ1n) is 6.02. The number of carbonyl (C=O) groups is 3. The van der Waals surface area contributed by atoms with E-state index in [4.69, 9.17) is 15.9 Å². The minimum atomic E-state index is -1.95. The average Bonchev–Trinajstić information content (AvgIpc) is 2.46. The van der Waals surface area contributed by atoms with Gasteiger partial charge in [0.2, 0.25) is 0 Å². The van der Waals surface area contributed by atoms with Gasteiger partial charge in [0.15, 0.2) is 6.29 Å². The highest BCUT2D eigenvalue weighted by molar-refractivity contribution is 5.76. The lowest BCUT2D eigenvalue weighted by molar-refractivity contribution is -0.157. The predicted octanol–water partition coefficient (Wildman–Crippen LogP) is -3.64. The summed E-state index contributed by atoms with van der Waals surface area (Å²) in [5.41, 5.74) is 5.34. The molecular weight excluding hydrogens is 290 g/mol. The number of nitrogens with two attached hydrogens (primary N) is 1. The van der Waals surface area contributed by atoms with E-state index in [0.29, 0.717) is 0 Å². The van der Waals surface area contributed by atoms with Crippen LogP contribution in [0.25, 0.3) is 0 Å². The molecule has 0 spiro atoms. The fraction of sp³-hybridized carbons (Fsp3) is 0.727. The first kappa shape index (κ1) is 19.4. The number of hydrogen-bond donors (Lipinski definition) is 6. The van der Waals surface area contributed by atoms with Crippen molar-refractivity contribution >= 4 is 18.2 Å². The quantitative estimate of drug-likeness (QED) is 0.173. The van der Waals surface area contributed by atoms with Crippen LogP contribution in [0.3, 0.4) is 0 Å². The van der Waals surface area contributed by atoms with Gasteiger partial charge in [0.1, 0.15) is 37.1 Å². The molecule has 10 nitrogen and oxygen atoms in total. The van der Waals surface area contributed by atoms with Gasteiger partial charge in [-0.3, -0.25) is 9.59 Å². The summed E-state index contributed by atoms with van der Waals surface area (Å²) in [5.74, 6) is -2.13. The number of hydrogen-bond acceptors (Lipinski definition) is 9. The van der Waals surface area contributed by atoms with Crippen LogP contribution < -0.4 is 5.73 Å². The van der Waals surface area contributed by atoms with Gasteiger partial charge in [0.05, 0.1) is 0 Å². The molecule has 0 amide bonds. The lowest BCUT2D eigenvalue weighted by atomic mass is 10.0. The fourth-order valence-corrected chi connectivity index (χ4v) is 1.28. The number of esters is 1. The molecule has 0 bridgehead atoms. The van der Waals surface area contributed by atoms with Gasteiger partial charge < -0.3 is 40.8 Å². The Hall–Kier alpha value is -1.59. The number of carbonyl (C=O) groups excluding carboxylic acids is 2. The van der Waals surface area contributed by atoms with Crippen molar-refractivity contribution < 1.29 is 44.7 Å². The summed E-state index contributed by atoms with van der Waals surface area (Å²) in [6, 6.07) is -1.21. The zero-order valence-corrected chi connectivity index (χ0v) is 11.0. The molecule has 0 aromatic rings. The Kier molecular flexibility index (Phi) is 8.66. The summed E-state index contributed by atoms with van der Waals surface area (Å²) >= 11 is 0. The molecule has 122 valence electrons. The monoisotopic (exact) mass is 309 g/mol. The number of aliphatic hydroxyl groups is 4. The summed E-state index contributed by atoms with van der Waals surface area (Å²) in [6.45, 7) is -0.747. The molecule has 0 heterocycles. The van der Waals surface area contributed by atoms with E-state index in [9.17, 15) is 29.7 Å². The maximum absolute atomic E-state index is 11.3. The van der Waals surface area contributed by atoms with Gasteiger partial charge in [-0.1, -0.05) is 0 Å². The van der Waals surface area contributed by atoms with Crippen LogP contribution in [0.5, 0.6) is 0 Å². The van der Waals surface area contributed by atoms with Crippen LogP contribution in [0.1, 0.15) is 12.8 Å². The second kappa shape index (κ2) is 9.37. The van der Waals surface area contributed by atoms with Crippen molar-refractivity contribution in [1.29, 1.82) is 0 Å². The minimum absolute atomic E-state index is 0.0333. The second-order valence-electron chi connectivity index (χ2n) is 4.34. The zero-order valence-electron chi connectivity index (χ0n) is 11.0. The minimum Gasteiger partial charge on any atom is -0.481 e. The maximum atomic E-state index is 11.3. The van der Waals surface area contributed by atoms with E-state index in [0.717, 1.165) is 0 Å². The largest absolute Gasteiger partial charge is 0.481 e. The van der Waals surface area contributed by atoms with Crippen LogP contribution >= 0.6 is 0 Å².